The second-order valence-electron chi connectivity index (χ2n) is 9.16. The molecule has 1 aromatic carbocycles. The molecule has 0 aliphatic carbocycles. The first kappa shape index (κ1) is 22.6. The van der Waals surface area contributed by atoms with E-state index in [1.165, 1.54) is 10.3 Å². The lowest BCUT2D eigenvalue weighted by molar-refractivity contribution is 0.106. The van der Waals surface area contributed by atoms with Gasteiger partial charge in [-0.3, -0.25) is 14.4 Å². The number of aromatic nitrogens is 4. The summed E-state index contributed by atoms with van der Waals surface area (Å²) < 4.78 is 4.44. The molecule has 1 saturated heterocycles. The monoisotopic (exact) mass is 475 g/mol. The van der Waals surface area contributed by atoms with Crippen molar-refractivity contribution < 1.29 is 0 Å². The van der Waals surface area contributed by atoms with Gasteiger partial charge in [0.15, 0.2) is 0 Å². The van der Waals surface area contributed by atoms with Gasteiger partial charge < -0.3 is 9.47 Å². The Morgan fingerprint density at radius 3 is 2.88 bits per heavy atom. The second-order valence-corrected chi connectivity index (χ2v) is 10.0. The molecule has 0 saturated carbocycles. The van der Waals surface area contributed by atoms with Crippen molar-refractivity contribution in [2.45, 2.75) is 51.9 Å². The van der Waals surface area contributed by atoms with Crippen LogP contribution in [0.15, 0.2) is 40.8 Å². The quantitative estimate of drug-likeness (QED) is 0.435. The molecule has 1 aliphatic heterocycles. The Kier molecular flexibility index (Phi) is 5.88. The number of nitrogens with zero attached hydrogens (tertiary/aromatic N) is 7. The molecule has 4 aromatic rings. The summed E-state index contributed by atoms with van der Waals surface area (Å²) in [5.74, 6) is 0. The largest absolute Gasteiger partial charge is 0.364 e. The summed E-state index contributed by atoms with van der Waals surface area (Å²) >= 11 is 1.68. The number of hydrogen-bond donors (Lipinski definition) is 0. The van der Waals surface area contributed by atoms with Gasteiger partial charge in [-0.1, -0.05) is 13.0 Å². The molecule has 0 amide bonds. The van der Waals surface area contributed by atoms with Crippen LogP contribution in [0.2, 0.25) is 0 Å². The summed E-state index contributed by atoms with van der Waals surface area (Å²) in [6.07, 6.45) is 2.80. The zero-order valence-electron chi connectivity index (χ0n) is 20.0. The fraction of sp³-hybridized carbons (Fsp3) is 0.440. The normalized spacial score (nSPS) is 20.1. The third-order valence-electron chi connectivity index (χ3n) is 7.17. The molecule has 0 radical (unpaired) electrons. The summed E-state index contributed by atoms with van der Waals surface area (Å²) in [4.78, 5) is 22.1. The Labute approximate surface area is 202 Å². The molecule has 5 rings (SSSR count). The Bertz CT molecular complexity index is 1450. The van der Waals surface area contributed by atoms with E-state index in [1.807, 2.05) is 5.51 Å². The van der Waals surface area contributed by atoms with Gasteiger partial charge in [0, 0.05) is 44.3 Å². The third kappa shape index (κ3) is 3.77. The van der Waals surface area contributed by atoms with Crippen molar-refractivity contribution in [2.24, 2.45) is 7.05 Å². The number of fused-ring (bicyclic) bond motifs is 2. The number of hydrogen-bond acceptors (Lipinski definition) is 7. The minimum atomic E-state index is -0.0621. The van der Waals surface area contributed by atoms with Crippen LogP contribution in [-0.2, 0) is 13.6 Å². The van der Waals surface area contributed by atoms with Crippen LogP contribution >= 0.6 is 11.3 Å². The molecule has 0 N–H and O–H groups in total. The molecular formula is C25H29N7OS. The zero-order chi connectivity index (χ0) is 24.0. The van der Waals surface area contributed by atoms with E-state index >= 15 is 0 Å². The first-order valence-electron chi connectivity index (χ1n) is 11.7. The van der Waals surface area contributed by atoms with E-state index in [4.69, 9.17) is 5.26 Å². The van der Waals surface area contributed by atoms with Crippen LogP contribution in [0.25, 0.3) is 21.3 Å². The summed E-state index contributed by atoms with van der Waals surface area (Å²) in [5, 5.41) is 13.8. The minimum Gasteiger partial charge on any atom is -0.364 e. The second kappa shape index (κ2) is 8.85. The van der Waals surface area contributed by atoms with Crippen LogP contribution in [0, 0.1) is 11.3 Å². The van der Waals surface area contributed by atoms with Gasteiger partial charge in [0.1, 0.15) is 12.1 Å². The smallest absolute Gasteiger partial charge is 0.252 e. The highest BCUT2D eigenvalue weighted by atomic mass is 32.1. The van der Waals surface area contributed by atoms with Gasteiger partial charge in [-0.25, -0.2) is 4.98 Å². The molecule has 1 fully saturated rings. The van der Waals surface area contributed by atoms with Crippen molar-refractivity contribution in [1.29, 1.82) is 5.26 Å². The van der Waals surface area contributed by atoms with Gasteiger partial charge in [0.2, 0.25) is 0 Å². The average Bonchev–Trinajstić information content (AvgIpc) is 3.48. The fourth-order valence-corrected chi connectivity index (χ4v) is 5.90. The molecule has 3 atom stereocenters. The topological polar surface area (TPSA) is 83.0 Å². The minimum absolute atomic E-state index is 0.0621. The first-order valence-corrected chi connectivity index (χ1v) is 12.6. The van der Waals surface area contributed by atoms with Gasteiger partial charge in [-0.2, -0.15) is 10.4 Å². The van der Waals surface area contributed by atoms with Crippen molar-refractivity contribution in [3.8, 4) is 6.07 Å². The number of piperazine rings is 1. The van der Waals surface area contributed by atoms with E-state index in [2.05, 4.69) is 64.9 Å². The van der Waals surface area contributed by atoms with Crippen LogP contribution in [0.1, 0.15) is 38.8 Å². The fourth-order valence-electron chi connectivity index (χ4n) is 5.17. The van der Waals surface area contributed by atoms with Gasteiger partial charge in [-0.05, 0) is 38.0 Å². The van der Waals surface area contributed by atoms with Gasteiger partial charge >= 0.3 is 0 Å². The van der Waals surface area contributed by atoms with Crippen LogP contribution < -0.4 is 10.5 Å². The first-order chi connectivity index (χ1) is 16.4. The summed E-state index contributed by atoms with van der Waals surface area (Å²) in [6, 6.07) is 11.2. The number of nitriles is 1. The number of pyridine rings is 1. The van der Waals surface area contributed by atoms with Gasteiger partial charge in [0.05, 0.1) is 39.2 Å². The molecule has 1 aliphatic rings. The van der Waals surface area contributed by atoms with E-state index in [9.17, 15) is 4.79 Å². The number of benzene rings is 1. The molecule has 176 valence electrons. The van der Waals surface area contributed by atoms with E-state index < -0.39 is 0 Å². The lowest BCUT2D eigenvalue weighted by Gasteiger charge is -2.48. The van der Waals surface area contributed by atoms with Crippen LogP contribution in [-0.4, -0.2) is 49.4 Å². The molecule has 34 heavy (non-hydrogen) atoms. The Hall–Kier alpha value is -3.22. The van der Waals surface area contributed by atoms with Crippen molar-refractivity contribution in [3.63, 3.8) is 0 Å². The summed E-state index contributed by atoms with van der Waals surface area (Å²) in [7, 11) is 1.75. The van der Waals surface area contributed by atoms with Crippen molar-refractivity contribution in [3.05, 3.63) is 51.9 Å². The Morgan fingerprint density at radius 2 is 2.12 bits per heavy atom. The highest BCUT2D eigenvalue weighted by Crippen LogP contribution is 2.34. The van der Waals surface area contributed by atoms with Gasteiger partial charge in [0.25, 0.3) is 5.56 Å². The highest BCUT2D eigenvalue weighted by molar-refractivity contribution is 7.16. The Morgan fingerprint density at radius 1 is 1.29 bits per heavy atom. The molecule has 1 unspecified atom stereocenters. The molecule has 8 nitrogen and oxygen atoms in total. The van der Waals surface area contributed by atoms with Crippen molar-refractivity contribution in [2.75, 3.05) is 18.0 Å². The predicted octanol–water partition coefficient (Wildman–Crippen LogP) is 3.92. The number of anilines is 1. The molecule has 0 spiro atoms. The Balaban J connectivity index is 1.48. The molecule has 9 heteroatoms. The van der Waals surface area contributed by atoms with Crippen LogP contribution in [0.3, 0.4) is 0 Å². The van der Waals surface area contributed by atoms with Crippen molar-refractivity contribution >= 4 is 38.3 Å². The number of aryl methyl sites for hydroxylation is 1. The van der Waals surface area contributed by atoms with E-state index in [0.717, 1.165) is 41.7 Å². The van der Waals surface area contributed by atoms with Crippen LogP contribution in [0.5, 0.6) is 0 Å². The van der Waals surface area contributed by atoms with Gasteiger partial charge in [-0.15, -0.1) is 11.3 Å². The lowest BCUT2D eigenvalue weighted by Crippen LogP contribution is -2.58. The van der Waals surface area contributed by atoms with E-state index in [-0.39, 0.29) is 24.2 Å². The molecule has 4 heterocycles. The molecule has 0 bridgehead atoms. The predicted molar refractivity (Wildman–Crippen MR) is 136 cm³/mol. The standard InChI is InChI=1S/C25H29N7OS/c1-5-19-13-31(21-11-24(33)29(4)22-14-30(9-8-26)28-25(21)22)16(2)12-32(19)17(3)18-6-7-20-23(10-18)34-15-27-20/h6-7,10-11,14-17,19H,5,9,12-13H2,1-4H3/t16-,17?,19+/m0/s1. The lowest BCUT2D eigenvalue weighted by atomic mass is 9.98. The van der Waals surface area contributed by atoms with E-state index in [1.54, 1.807) is 39.9 Å². The maximum atomic E-state index is 12.8. The molecular weight excluding hydrogens is 446 g/mol. The summed E-state index contributed by atoms with van der Waals surface area (Å²) in [5.41, 5.74) is 6.59. The highest BCUT2D eigenvalue weighted by Gasteiger charge is 2.35. The SMILES string of the molecule is CC[C@@H]1CN(c2cc(=O)n(C)c3cn(CC#N)nc23)[C@@H](C)CN1C(C)c1ccc2ncsc2c1. The zero-order valence-corrected chi connectivity index (χ0v) is 20.8. The number of rotatable bonds is 5. The van der Waals surface area contributed by atoms with Crippen molar-refractivity contribution in [1.82, 2.24) is 24.2 Å². The maximum absolute atomic E-state index is 12.8. The molecule has 3 aromatic heterocycles. The third-order valence-corrected chi connectivity index (χ3v) is 7.96. The van der Waals surface area contributed by atoms with E-state index in [0.29, 0.717) is 6.04 Å². The number of thiazole rings is 1. The summed E-state index contributed by atoms with van der Waals surface area (Å²) in [6.45, 7) is 8.59. The average molecular weight is 476 g/mol. The van der Waals surface area contributed by atoms with Crippen LogP contribution in [0.4, 0.5) is 5.69 Å². The maximum Gasteiger partial charge on any atom is 0.252 e.